The molecule has 0 bridgehead atoms. The van der Waals surface area contributed by atoms with Crippen LogP contribution >= 0.6 is 0 Å². The summed E-state index contributed by atoms with van der Waals surface area (Å²) in [5.74, 6) is 1.25. The average Bonchev–Trinajstić information content (AvgIpc) is 3.13. The van der Waals surface area contributed by atoms with Gasteiger partial charge in [-0.15, -0.1) is 0 Å². The van der Waals surface area contributed by atoms with E-state index in [2.05, 4.69) is 46.8 Å². The second kappa shape index (κ2) is 9.78. The van der Waals surface area contributed by atoms with Gasteiger partial charge in [-0.3, -0.25) is 4.99 Å². The zero-order valence-corrected chi connectivity index (χ0v) is 14.4. The Labute approximate surface area is 143 Å². The van der Waals surface area contributed by atoms with Crippen molar-refractivity contribution in [3.05, 3.63) is 60.1 Å². The Morgan fingerprint density at radius 3 is 2.67 bits per heavy atom. The number of nitrogens with one attached hydrogen (secondary N) is 2. The smallest absolute Gasteiger partial charge is 0.191 e. The normalized spacial score (nSPS) is 14.2. The van der Waals surface area contributed by atoms with E-state index in [0.717, 1.165) is 19.4 Å². The van der Waals surface area contributed by atoms with Crippen LogP contribution in [-0.2, 0) is 6.42 Å². The Kier molecular flexibility index (Phi) is 7.36. The van der Waals surface area contributed by atoms with Gasteiger partial charge in [0.2, 0.25) is 0 Å². The van der Waals surface area contributed by atoms with Crippen LogP contribution in [0.25, 0.3) is 0 Å². The lowest BCUT2D eigenvalue weighted by atomic mass is 10.1. The number of rotatable bonds is 8. The molecule has 1 aromatic carbocycles. The third kappa shape index (κ3) is 6.08. The Morgan fingerprint density at radius 2 is 2.00 bits per heavy atom. The number of aliphatic hydroxyl groups excluding tert-OH is 1. The lowest BCUT2D eigenvalue weighted by molar-refractivity contribution is 0.158. The molecule has 130 valence electrons. The van der Waals surface area contributed by atoms with Gasteiger partial charge in [0.25, 0.3) is 0 Å². The van der Waals surface area contributed by atoms with Gasteiger partial charge in [-0.2, -0.15) is 0 Å². The van der Waals surface area contributed by atoms with Crippen LogP contribution < -0.4 is 10.6 Å². The van der Waals surface area contributed by atoms with E-state index in [4.69, 9.17) is 4.42 Å². The van der Waals surface area contributed by atoms with Crippen molar-refractivity contribution in [1.29, 1.82) is 0 Å². The molecule has 0 saturated heterocycles. The van der Waals surface area contributed by atoms with Crippen molar-refractivity contribution >= 4 is 5.96 Å². The summed E-state index contributed by atoms with van der Waals surface area (Å²) in [5, 5.41) is 16.7. The SMILES string of the molecule is CCNC(=NCC(O)c1ccco1)NC(C)CCc1ccccc1. The van der Waals surface area contributed by atoms with Gasteiger partial charge in [0.1, 0.15) is 11.9 Å². The predicted octanol–water partition coefficient (Wildman–Crippen LogP) is 2.89. The Balaban J connectivity index is 1.83. The molecule has 0 radical (unpaired) electrons. The molecule has 1 heterocycles. The molecule has 24 heavy (non-hydrogen) atoms. The Morgan fingerprint density at radius 1 is 1.21 bits per heavy atom. The number of aliphatic imine (C=N–C) groups is 1. The highest BCUT2D eigenvalue weighted by atomic mass is 16.4. The molecule has 2 unspecified atom stereocenters. The van der Waals surface area contributed by atoms with Gasteiger partial charge >= 0.3 is 0 Å². The molecule has 0 amide bonds. The minimum Gasteiger partial charge on any atom is -0.467 e. The summed E-state index contributed by atoms with van der Waals surface area (Å²) in [5.41, 5.74) is 1.33. The average molecular weight is 329 g/mol. The first-order chi connectivity index (χ1) is 11.7. The highest BCUT2D eigenvalue weighted by Crippen LogP contribution is 2.13. The third-order valence-electron chi connectivity index (χ3n) is 3.73. The van der Waals surface area contributed by atoms with E-state index in [9.17, 15) is 5.11 Å². The first-order valence-electron chi connectivity index (χ1n) is 8.49. The minimum absolute atomic E-state index is 0.258. The largest absolute Gasteiger partial charge is 0.467 e. The van der Waals surface area contributed by atoms with E-state index >= 15 is 0 Å². The second-order valence-electron chi connectivity index (χ2n) is 5.82. The van der Waals surface area contributed by atoms with Crippen LogP contribution in [0.15, 0.2) is 58.1 Å². The van der Waals surface area contributed by atoms with Crippen LogP contribution in [0.4, 0.5) is 0 Å². The highest BCUT2D eigenvalue weighted by Gasteiger charge is 2.11. The van der Waals surface area contributed by atoms with Gasteiger partial charge in [0.05, 0.1) is 12.8 Å². The maximum Gasteiger partial charge on any atom is 0.191 e. The Hall–Kier alpha value is -2.27. The number of hydrogen-bond donors (Lipinski definition) is 3. The molecule has 2 atom stereocenters. The van der Waals surface area contributed by atoms with Crippen molar-refractivity contribution in [2.45, 2.75) is 38.8 Å². The van der Waals surface area contributed by atoms with Crippen molar-refractivity contribution in [3.8, 4) is 0 Å². The van der Waals surface area contributed by atoms with E-state index < -0.39 is 6.10 Å². The molecule has 3 N–H and O–H groups in total. The van der Waals surface area contributed by atoms with Crippen LogP contribution in [0.3, 0.4) is 0 Å². The maximum atomic E-state index is 10.1. The number of guanidine groups is 1. The number of furan rings is 1. The van der Waals surface area contributed by atoms with Gasteiger partial charge in [-0.05, 0) is 44.4 Å². The number of aryl methyl sites for hydroxylation is 1. The number of hydrogen-bond acceptors (Lipinski definition) is 3. The van der Waals surface area contributed by atoms with Gasteiger partial charge in [0, 0.05) is 12.6 Å². The molecule has 2 aromatic rings. The van der Waals surface area contributed by atoms with E-state index in [-0.39, 0.29) is 12.6 Å². The summed E-state index contributed by atoms with van der Waals surface area (Å²) >= 11 is 0. The fourth-order valence-corrected chi connectivity index (χ4v) is 2.40. The zero-order valence-electron chi connectivity index (χ0n) is 14.4. The molecule has 1 aromatic heterocycles. The summed E-state index contributed by atoms with van der Waals surface area (Å²) in [6.45, 7) is 5.19. The second-order valence-corrected chi connectivity index (χ2v) is 5.82. The molecule has 0 aliphatic heterocycles. The lowest BCUT2D eigenvalue weighted by Crippen LogP contribution is -2.42. The van der Waals surface area contributed by atoms with E-state index in [0.29, 0.717) is 11.7 Å². The van der Waals surface area contributed by atoms with E-state index in [1.807, 2.05) is 13.0 Å². The molecule has 0 saturated carbocycles. The van der Waals surface area contributed by atoms with Crippen molar-refractivity contribution in [3.63, 3.8) is 0 Å². The van der Waals surface area contributed by atoms with Crippen molar-refractivity contribution in [2.75, 3.05) is 13.1 Å². The molecule has 5 nitrogen and oxygen atoms in total. The quantitative estimate of drug-likeness (QED) is 0.514. The fourth-order valence-electron chi connectivity index (χ4n) is 2.40. The van der Waals surface area contributed by atoms with Crippen LogP contribution in [0.2, 0.25) is 0 Å². The van der Waals surface area contributed by atoms with Crippen molar-refractivity contribution in [2.24, 2.45) is 4.99 Å². The van der Waals surface area contributed by atoms with E-state index in [1.165, 1.54) is 5.56 Å². The van der Waals surface area contributed by atoms with Crippen LogP contribution in [0.1, 0.15) is 37.7 Å². The minimum atomic E-state index is -0.727. The summed E-state index contributed by atoms with van der Waals surface area (Å²) < 4.78 is 5.20. The summed E-state index contributed by atoms with van der Waals surface area (Å²) in [4.78, 5) is 4.45. The van der Waals surface area contributed by atoms with Crippen molar-refractivity contribution in [1.82, 2.24) is 10.6 Å². The monoisotopic (exact) mass is 329 g/mol. The molecular formula is C19H27N3O2. The van der Waals surface area contributed by atoms with E-state index in [1.54, 1.807) is 18.4 Å². The highest BCUT2D eigenvalue weighted by molar-refractivity contribution is 5.80. The molecule has 2 rings (SSSR count). The predicted molar refractivity (Wildman–Crippen MR) is 97.0 cm³/mol. The van der Waals surface area contributed by atoms with Crippen LogP contribution in [-0.4, -0.2) is 30.2 Å². The first kappa shape index (κ1) is 18.1. The summed E-state index contributed by atoms with van der Waals surface area (Å²) in [6.07, 6.45) is 2.85. The topological polar surface area (TPSA) is 69.8 Å². The Bertz CT molecular complexity index is 596. The molecular weight excluding hydrogens is 302 g/mol. The molecule has 0 fully saturated rings. The van der Waals surface area contributed by atoms with Crippen LogP contribution in [0.5, 0.6) is 0 Å². The number of nitrogens with zero attached hydrogens (tertiary/aromatic N) is 1. The molecule has 0 aliphatic rings. The standard InChI is InChI=1S/C19H27N3O2/c1-3-20-19(21-14-17(23)18-10-7-13-24-18)22-15(2)11-12-16-8-5-4-6-9-16/h4-10,13,15,17,23H,3,11-12,14H2,1-2H3,(H2,20,21,22). The summed E-state index contributed by atoms with van der Waals surface area (Å²) in [6, 6.07) is 14.2. The van der Waals surface area contributed by atoms with Crippen LogP contribution in [0, 0.1) is 0 Å². The van der Waals surface area contributed by atoms with Gasteiger partial charge in [0.15, 0.2) is 5.96 Å². The maximum absolute atomic E-state index is 10.1. The fraction of sp³-hybridized carbons (Fsp3) is 0.421. The van der Waals surface area contributed by atoms with Gasteiger partial charge in [-0.1, -0.05) is 30.3 Å². The molecule has 5 heteroatoms. The summed E-state index contributed by atoms with van der Waals surface area (Å²) in [7, 11) is 0. The lowest BCUT2D eigenvalue weighted by Gasteiger charge is -2.18. The number of aliphatic hydroxyl groups is 1. The zero-order chi connectivity index (χ0) is 17.2. The molecule has 0 aliphatic carbocycles. The number of benzene rings is 1. The van der Waals surface area contributed by atoms with Gasteiger partial charge in [-0.25, -0.2) is 0 Å². The molecule has 0 spiro atoms. The third-order valence-corrected chi connectivity index (χ3v) is 3.73. The van der Waals surface area contributed by atoms with Crippen molar-refractivity contribution < 1.29 is 9.52 Å². The van der Waals surface area contributed by atoms with Gasteiger partial charge < -0.3 is 20.2 Å². The first-order valence-corrected chi connectivity index (χ1v) is 8.49.